The Kier molecular flexibility index (Phi) is 60.4. The van der Waals surface area contributed by atoms with Crippen LogP contribution in [0.3, 0.4) is 0 Å². The maximum Gasteiger partial charge on any atom is 0.306 e. The lowest BCUT2D eigenvalue weighted by molar-refractivity contribution is -0.167. The van der Waals surface area contributed by atoms with Gasteiger partial charge in [-0.2, -0.15) is 0 Å². The predicted octanol–water partition coefficient (Wildman–Crippen LogP) is 21.8. The van der Waals surface area contributed by atoms with Crippen LogP contribution in [0.2, 0.25) is 0 Å². The number of carbonyl (C=O) groups is 3. The molecule has 6 nitrogen and oxygen atoms in total. The summed E-state index contributed by atoms with van der Waals surface area (Å²) in [5.41, 5.74) is 0. The smallest absolute Gasteiger partial charge is 0.306 e. The Morgan fingerprint density at radius 1 is 0.273 bits per heavy atom. The summed E-state index contributed by atoms with van der Waals surface area (Å²) in [4.78, 5) is 38.4. The molecule has 0 N–H and O–H groups in total. The molecule has 0 spiro atoms. The fraction of sp³-hybridized carbons (Fsp3) is 0.648. The number of unbranched alkanes of at least 4 members (excludes halogenated alkanes) is 23. The average molecular weight is 1070 g/mol. The highest BCUT2D eigenvalue weighted by atomic mass is 16.6. The van der Waals surface area contributed by atoms with Crippen LogP contribution in [-0.2, 0) is 28.6 Å². The largest absolute Gasteiger partial charge is 0.462 e. The van der Waals surface area contributed by atoms with E-state index in [1.807, 2.05) is 0 Å². The third-order valence-electron chi connectivity index (χ3n) is 13.1. The minimum absolute atomic E-state index is 0.0974. The topological polar surface area (TPSA) is 78.9 Å². The molecule has 1 unspecified atom stereocenters. The fourth-order valence-corrected chi connectivity index (χ4v) is 8.43. The molecule has 0 saturated heterocycles. The van der Waals surface area contributed by atoms with E-state index in [2.05, 4.69) is 154 Å². The third kappa shape index (κ3) is 62.3. The van der Waals surface area contributed by atoms with Crippen molar-refractivity contribution in [1.29, 1.82) is 0 Å². The van der Waals surface area contributed by atoms with E-state index in [0.717, 1.165) is 148 Å². The molecule has 0 aliphatic rings. The van der Waals surface area contributed by atoms with E-state index in [4.69, 9.17) is 14.2 Å². The number of carbonyl (C=O) groups excluding carboxylic acids is 3. The Bertz CT molecular complexity index is 1650. The van der Waals surface area contributed by atoms with Crippen molar-refractivity contribution in [1.82, 2.24) is 0 Å². The van der Waals surface area contributed by atoms with Crippen LogP contribution < -0.4 is 0 Å². The minimum Gasteiger partial charge on any atom is -0.462 e. The number of rotatable bonds is 56. The van der Waals surface area contributed by atoms with Crippen LogP contribution in [0.25, 0.3) is 0 Å². The average Bonchev–Trinajstić information content (AvgIpc) is 3.43. The van der Waals surface area contributed by atoms with E-state index < -0.39 is 6.10 Å². The second-order valence-corrected chi connectivity index (χ2v) is 20.5. The fourth-order valence-electron chi connectivity index (χ4n) is 8.43. The highest BCUT2D eigenvalue weighted by Crippen LogP contribution is 2.15. The Morgan fingerprint density at radius 2 is 0.506 bits per heavy atom. The van der Waals surface area contributed by atoms with Crippen molar-refractivity contribution in [2.75, 3.05) is 13.2 Å². The Labute approximate surface area is 475 Å². The molecule has 0 aromatic heterocycles. The molecule has 0 aliphatic heterocycles. The molecular weight excluding hydrogens is 949 g/mol. The van der Waals surface area contributed by atoms with Crippen LogP contribution in [0.15, 0.2) is 134 Å². The van der Waals surface area contributed by atoms with Gasteiger partial charge >= 0.3 is 17.9 Å². The Morgan fingerprint density at radius 3 is 0.792 bits per heavy atom. The number of hydrogen-bond donors (Lipinski definition) is 0. The molecule has 77 heavy (non-hydrogen) atoms. The molecule has 0 aromatic rings. The van der Waals surface area contributed by atoms with Crippen LogP contribution in [0.4, 0.5) is 0 Å². The van der Waals surface area contributed by atoms with Gasteiger partial charge in [-0.15, -0.1) is 0 Å². The lowest BCUT2D eigenvalue weighted by Crippen LogP contribution is -2.30. The summed E-state index contributed by atoms with van der Waals surface area (Å²) in [6, 6.07) is 0. The van der Waals surface area contributed by atoms with E-state index in [1.54, 1.807) is 0 Å². The molecule has 0 bridgehead atoms. The number of esters is 3. The normalized spacial score (nSPS) is 13.0. The standard InChI is InChI=1S/C71H116O6/c1-4-7-10-13-16-19-22-25-28-31-33-34-35-36-38-40-43-46-49-52-55-58-61-64-70(73)76-67-68(66-75-69(72)63-60-57-54-51-48-45-42-39-30-27-24-21-18-15-12-9-6-3)77-71(74)65-62-59-56-53-50-47-44-41-37-32-29-26-23-20-17-14-11-8-5-2/h7,9-10,12,16-21,25-30,33-34,37,41-42,45,68H,4-6,8,11,13-15,22-24,31-32,35-36,38-40,43-44,46-67H2,1-3H3/b10-7-,12-9-,19-16-,20-17-,21-18-,28-25-,29-26-,30-27-,34-33-,41-37-,45-42-. The van der Waals surface area contributed by atoms with Gasteiger partial charge in [-0.05, 0) is 135 Å². The van der Waals surface area contributed by atoms with Gasteiger partial charge in [0.05, 0.1) is 0 Å². The lowest BCUT2D eigenvalue weighted by atomic mass is 10.1. The monoisotopic (exact) mass is 1060 g/mol. The first kappa shape index (κ1) is 72.5. The maximum absolute atomic E-state index is 12.9. The zero-order valence-electron chi connectivity index (χ0n) is 49.9. The summed E-state index contributed by atoms with van der Waals surface area (Å²) in [6.45, 7) is 6.36. The molecule has 0 aliphatic carbocycles. The summed E-state index contributed by atoms with van der Waals surface area (Å²) in [5, 5.41) is 0. The van der Waals surface area contributed by atoms with Crippen molar-refractivity contribution in [3.05, 3.63) is 134 Å². The SMILES string of the molecule is CC/C=C\C/C=C\C/C=C\C/C=C\CCCCCCCCCCCCC(=O)OCC(COC(=O)CCCCCC/C=C\C/C=C\C/C=C\C/C=C\CC)OC(=O)CCCCCCCC/C=C\C/C=C\C/C=C\CCCCC. The van der Waals surface area contributed by atoms with Gasteiger partial charge in [0.25, 0.3) is 0 Å². The van der Waals surface area contributed by atoms with E-state index in [1.165, 1.54) is 89.9 Å². The van der Waals surface area contributed by atoms with E-state index in [-0.39, 0.29) is 31.1 Å². The summed E-state index contributed by atoms with van der Waals surface area (Å²) in [5.74, 6) is -0.936. The van der Waals surface area contributed by atoms with Crippen LogP contribution in [0.1, 0.15) is 278 Å². The van der Waals surface area contributed by atoms with Gasteiger partial charge in [0.1, 0.15) is 13.2 Å². The molecule has 6 heteroatoms. The van der Waals surface area contributed by atoms with E-state index in [9.17, 15) is 14.4 Å². The van der Waals surface area contributed by atoms with Gasteiger partial charge in [-0.1, -0.05) is 257 Å². The third-order valence-corrected chi connectivity index (χ3v) is 13.1. The summed E-state index contributed by atoms with van der Waals surface area (Å²) in [6.07, 6.45) is 90.1. The van der Waals surface area contributed by atoms with Crippen LogP contribution >= 0.6 is 0 Å². The van der Waals surface area contributed by atoms with Gasteiger partial charge in [0.15, 0.2) is 6.10 Å². The minimum atomic E-state index is -0.804. The second-order valence-electron chi connectivity index (χ2n) is 20.5. The predicted molar refractivity (Wildman–Crippen MR) is 334 cm³/mol. The van der Waals surface area contributed by atoms with E-state index in [0.29, 0.717) is 19.3 Å². The van der Waals surface area contributed by atoms with Crippen molar-refractivity contribution in [2.45, 2.75) is 284 Å². The van der Waals surface area contributed by atoms with Crippen LogP contribution in [0.5, 0.6) is 0 Å². The van der Waals surface area contributed by atoms with E-state index >= 15 is 0 Å². The van der Waals surface area contributed by atoms with Crippen molar-refractivity contribution >= 4 is 17.9 Å². The van der Waals surface area contributed by atoms with Gasteiger partial charge in [0.2, 0.25) is 0 Å². The quantitative estimate of drug-likeness (QED) is 0.0261. The molecule has 0 radical (unpaired) electrons. The van der Waals surface area contributed by atoms with Crippen LogP contribution in [0, 0.1) is 0 Å². The van der Waals surface area contributed by atoms with Crippen molar-refractivity contribution in [3.8, 4) is 0 Å². The Balaban J connectivity index is 4.45. The second kappa shape index (κ2) is 64.1. The molecule has 0 saturated carbocycles. The zero-order chi connectivity index (χ0) is 55.7. The first-order valence-corrected chi connectivity index (χ1v) is 31.7. The summed E-state index contributed by atoms with van der Waals surface area (Å²) < 4.78 is 16.9. The van der Waals surface area contributed by atoms with Crippen molar-refractivity contribution in [2.24, 2.45) is 0 Å². The molecular formula is C71H116O6. The van der Waals surface area contributed by atoms with Crippen molar-refractivity contribution < 1.29 is 28.6 Å². The Hall–Kier alpha value is -4.45. The number of allylic oxidation sites excluding steroid dienone is 22. The molecule has 1 atom stereocenters. The molecule has 0 fully saturated rings. The lowest BCUT2D eigenvalue weighted by Gasteiger charge is -2.18. The van der Waals surface area contributed by atoms with Gasteiger partial charge in [-0.3, -0.25) is 14.4 Å². The highest BCUT2D eigenvalue weighted by molar-refractivity contribution is 5.71. The molecule has 0 aromatic carbocycles. The molecule has 436 valence electrons. The molecule has 0 rings (SSSR count). The van der Waals surface area contributed by atoms with Crippen LogP contribution in [-0.4, -0.2) is 37.2 Å². The molecule has 0 amide bonds. The summed E-state index contributed by atoms with van der Waals surface area (Å²) >= 11 is 0. The first-order chi connectivity index (χ1) is 38.0. The first-order valence-electron chi connectivity index (χ1n) is 31.7. The van der Waals surface area contributed by atoms with Gasteiger partial charge < -0.3 is 14.2 Å². The number of hydrogen-bond acceptors (Lipinski definition) is 6. The molecule has 0 heterocycles. The number of ether oxygens (including phenoxy) is 3. The highest BCUT2D eigenvalue weighted by Gasteiger charge is 2.19. The van der Waals surface area contributed by atoms with Crippen molar-refractivity contribution in [3.63, 3.8) is 0 Å². The van der Waals surface area contributed by atoms with Gasteiger partial charge in [-0.25, -0.2) is 0 Å². The summed E-state index contributed by atoms with van der Waals surface area (Å²) in [7, 11) is 0. The zero-order valence-corrected chi connectivity index (χ0v) is 49.9. The van der Waals surface area contributed by atoms with Gasteiger partial charge in [0, 0.05) is 19.3 Å². The maximum atomic E-state index is 12.9.